The Morgan fingerprint density at radius 2 is 1.79 bits per heavy atom. The summed E-state index contributed by atoms with van der Waals surface area (Å²) in [7, 11) is 1.88. The van der Waals surface area contributed by atoms with Crippen molar-refractivity contribution in [3.8, 4) is 11.3 Å². The molecule has 2 aromatic carbocycles. The predicted octanol–water partition coefficient (Wildman–Crippen LogP) is 7.12. The largest absolute Gasteiger partial charge is 0.446 e. The van der Waals surface area contributed by atoms with Crippen molar-refractivity contribution in [3.05, 3.63) is 97.0 Å². The highest BCUT2D eigenvalue weighted by molar-refractivity contribution is 6.08. The number of benzene rings is 2. The van der Waals surface area contributed by atoms with Crippen LogP contribution in [0.4, 0.5) is 25.7 Å². The molecule has 2 aromatic heterocycles. The van der Waals surface area contributed by atoms with Crippen LogP contribution in [0.3, 0.4) is 0 Å². The normalized spacial score (nSPS) is 19.2. The van der Waals surface area contributed by atoms with Gasteiger partial charge in [-0.05, 0) is 105 Å². The summed E-state index contributed by atoms with van der Waals surface area (Å²) in [6.07, 6.45) is 15.0. The Bertz CT molecular complexity index is 2290. The lowest BCUT2D eigenvalue weighted by Gasteiger charge is -2.42. The molecular formula is C46H56FN9O5. The maximum atomic E-state index is 13.8. The number of nitrogens with two attached hydrogens (primary N) is 1. The summed E-state index contributed by atoms with van der Waals surface area (Å²) >= 11 is 0. The number of carbonyl (C=O) groups is 3. The highest BCUT2D eigenvalue weighted by atomic mass is 19.1. The van der Waals surface area contributed by atoms with Crippen LogP contribution in [0.25, 0.3) is 27.7 Å². The Balaban J connectivity index is 0.000000236. The number of aliphatic hydroxyl groups is 1. The van der Waals surface area contributed by atoms with Gasteiger partial charge in [0.25, 0.3) is 0 Å². The lowest BCUT2D eigenvalue weighted by atomic mass is 9.86. The molecule has 5 heterocycles. The Hall–Kier alpha value is -5.93. The van der Waals surface area contributed by atoms with E-state index in [2.05, 4.69) is 50.6 Å². The van der Waals surface area contributed by atoms with E-state index < -0.39 is 17.4 Å². The number of hydrogen-bond acceptors (Lipinski definition) is 10. The van der Waals surface area contributed by atoms with E-state index in [4.69, 9.17) is 10.5 Å². The number of anilines is 2. The number of urea groups is 1. The van der Waals surface area contributed by atoms with E-state index in [0.29, 0.717) is 56.3 Å². The first-order chi connectivity index (χ1) is 29.4. The fourth-order valence-electron chi connectivity index (χ4n) is 8.82. The summed E-state index contributed by atoms with van der Waals surface area (Å²) in [5, 5.41) is 19.2. The molecule has 1 saturated carbocycles. The van der Waals surface area contributed by atoms with Crippen LogP contribution in [0.1, 0.15) is 81.3 Å². The monoisotopic (exact) mass is 833 g/mol. The van der Waals surface area contributed by atoms with Crippen molar-refractivity contribution in [2.75, 3.05) is 49.9 Å². The van der Waals surface area contributed by atoms with Crippen LogP contribution in [0, 0.1) is 5.82 Å². The number of hydrogen-bond donors (Lipinski definition) is 3. The molecule has 0 bridgehead atoms. The lowest BCUT2D eigenvalue weighted by molar-refractivity contribution is -0.120. The van der Waals surface area contributed by atoms with Gasteiger partial charge in [0.2, 0.25) is 11.9 Å². The van der Waals surface area contributed by atoms with Gasteiger partial charge in [0, 0.05) is 50.6 Å². The number of amides is 4. The molecule has 4 aromatic rings. The highest BCUT2D eigenvalue weighted by Gasteiger charge is 2.37. The average Bonchev–Trinajstić information content (AvgIpc) is 3.59. The van der Waals surface area contributed by atoms with Gasteiger partial charge in [-0.3, -0.25) is 19.7 Å². The number of fused-ring (bicyclic) bond motifs is 1. The molecule has 4 aliphatic rings. The maximum Gasteiger partial charge on any atom is 0.410 e. The van der Waals surface area contributed by atoms with Crippen molar-refractivity contribution in [1.82, 2.24) is 34.9 Å². The Kier molecular flexibility index (Phi) is 13.6. The van der Waals surface area contributed by atoms with Crippen LogP contribution in [0.5, 0.6) is 0 Å². The first-order valence-corrected chi connectivity index (χ1v) is 21.3. The fourth-order valence-corrected chi connectivity index (χ4v) is 8.82. The third kappa shape index (κ3) is 10.3. The first kappa shape index (κ1) is 43.2. The fraction of sp³-hybridized carbons (Fsp3) is 0.435. The van der Waals surface area contributed by atoms with Crippen LogP contribution < -0.4 is 16.0 Å². The average molecular weight is 834 g/mol. The maximum absolute atomic E-state index is 13.8. The highest BCUT2D eigenvalue weighted by Crippen LogP contribution is 2.35. The molecule has 14 nitrogen and oxygen atoms in total. The zero-order valence-corrected chi connectivity index (χ0v) is 34.9. The van der Waals surface area contributed by atoms with E-state index in [-0.39, 0.29) is 36.2 Å². The topological polar surface area (TPSA) is 172 Å². The van der Waals surface area contributed by atoms with Gasteiger partial charge in [-0.1, -0.05) is 62.1 Å². The smallest absolute Gasteiger partial charge is 0.410 e. The van der Waals surface area contributed by atoms with Crippen LogP contribution in [-0.4, -0.2) is 104 Å². The predicted molar refractivity (Wildman–Crippen MR) is 234 cm³/mol. The minimum atomic E-state index is -0.774. The van der Waals surface area contributed by atoms with Crippen molar-refractivity contribution >= 4 is 46.3 Å². The van der Waals surface area contributed by atoms with Gasteiger partial charge in [-0.2, -0.15) is 5.10 Å². The van der Waals surface area contributed by atoms with E-state index in [1.54, 1.807) is 27.8 Å². The number of imide groups is 1. The SMILES string of the molecule is C=C/C=C(\C=C)c1cccc(-c2nc(N)ncc2F)c1.Cn1nc(N2CCC(=O)NC2=O)c2ccc(C3CCN(CC4(O)CCN(C(=O)OC5CCCCC5)CC4)CC3)cc21. The second kappa shape index (κ2) is 19.2. The van der Waals surface area contributed by atoms with E-state index in [1.807, 2.05) is 37.4 Å². The molecule has 3 aliphatic heterocycles. The zero-order valence-electron chi connectivity index (χ0n) is 34.9. The molecule has 0 atom stereocenters. The van der Waals surface area contributed by atoms with Gasteiger partial charge >= 0.3 is 12.1 Å². The first-order valence-electron chi connectivity index (χ1n) is 21.3. The summed E-state index contributed by atoms with van der Waals surface area (Å²) < 4.78 is 21.3. The third-order valence-electron chi connectivity index (χ3n) is 12.3. The van der Waals surface area contributed by atoms with Gasteiger partial charge in [0.1, 0.15) is 11.8 Å². The summed E-state index contributed by atoms with van der Waals surface area (Å²) in [5.74, 6) is 0.264. The van der Waals surface area contributed by atoms with Gasteiger partial charge in [-0.15, -0.1) is 0 Å². The van der Waals surface area contributed by atoms with Crippen molar-refractivity contribution in [2.45, 2.75) is 81.8 Å². The quantitative estimate of drug-likeness (QED) is 0.148. The van der Waals surface area contributed by atoms with E-state index in [9.17, 15) is 23.9 Å². The molecule has 0 unspecified atom stereocenters. The number of piperidine rings is 2. The molecule has 8 rings (SSSR count). The van der Waals surface area contributed by atoms with Crippen LogP contribution in [0.15, 0.2) is 80.0 Å². The molecule has 322 valence electrons. The summed E-state index contributed by atoms with van der Waals surface area (Å²) in [5.41, 5.74) is 9.56. The van der Waals surface area contributed by atoms with Crippen molar-refractivity contribution in [1.29, 1.82) is 0 Å². The molecular weight excluding hydrogens is 778 g/mol. The Morgan fingerprint density at radius 3 is 2.49 bits per heavy atom. The molecule has 4 fully saturated rings. The number of nitrogens with one attached hydrogen (secondary N) is 1. The van der Waals surface area contributed by atoms with E-state index in [1.165, 1.54) is 16.9 Å². The standard InChI is InChI=1S/C30H42N6O5.C16H14FN3/c1-33-25-19-22(7-8-24(25)27(32-33)36-16-11-26(37)31-28(36)38)21-9-14-34(15-10-21)20-30(40)12-17-35(18-13-30)29(39)41-23-5-3-2-4-6-23;1-3-6-11(4-2)12-7-5-8-13(9-12)15-14(17)10-19-16(18)20-15/h7-8,19,21,23,40H,2-6,9-18,20H2,1H3,(H,31,37,38);3-10H,1-2H2,(H2,18,19,20)/b;11-6+. The molecule has 4 amide bonds. The lowest BCUT2D eigenvalue weighted by Crippen LogP contribution is -2.53. The molecule has 4 N–H and O–H groups in total. The van der Waals surface area contributed by atoms with Crippen molar-refractivity contribution < 1.29 is 28.6 Å². The summed E-state index contributed by atoms with van der Waals surface area (Å²) in [6.45, 7) is 11.3. The number of β-amino-alcohol motifs (C(OH)–C–C–N with tert-alkyl or cyclic N) is 1. The molecule has 61 heavy (non-hydrogen) atoms. The van der Waals surface area contributed by atoms with Crippen LogP contribution in [0.2, 0.25) is 0 Å². The van der Waals surface area contributed by atoms with E-state index >= 15 is 0 Å². The van der Waals surface area contributed by atoms with Gasteiger partial charge in [-0.25, -0.2) is 23.9 Å². The zero-order chi connectivity index (χ0) is 43.1. The number of aryl methyl sites for hydroxylation is 1. The number of aromatic nitrogens is 4. The molecule has 15 heteroatoms. The van der Waals surface area contributed by atoms with Crippen LogP contribution in [-0.2, 0) is 16.6 Å². The number of allylic oxidation sites excluding steroid dienone is 4. The Morgan fingerprint density at radius 1 is 1.03 bits per heavy atom. The molecule has 1 aliphatic carbocycles. The van der Waals surface area contributed by atoms with Crippen LogP contribution >= 0.6 is 0 Å². The molecule has 3 saturated heterocycles. The minimum absolute atomic E-state index is 0.0392. The summed E-state index contributed by atoms with van der Waals surface area (Å²) in [4.78, 5) is 49.8. The van der Waals surface area contributed by atoms with Crippen molar-refractivity contribution in [2.24, 2.45) is 7.05 Å². The number of rotatable bonds is 9. The van der Waals surface area contributed by atoms with Gasteiger partial charge in [0.05, 0.1) is 17.3 Å². The number of halogens is 1. The van der Waals surface area contributed by atoms with Gasteiger partial charge < -0.3 is 25.4 Å². The second-order valence-electron chi connectivity index (χ2n) is 16.5. The van der Waals surface area contributed by atoms with Gasteiger partial charge in [0.15, 0.2) is 11.6 Å². The number of carbonyl (C=O) groups excluding carboxylic acids is 3. The van der Waals surface area contributed by atoms with E-state index in [0.717, 1.165) is 79.9 Å². The summed E-state index contributed by atoms with van der Waals surface area (Å²) in [6, 6.07) is 13.2. The number of nitrogens with zero attached hydrogens (tertiary/aromatic N) is 7. The number of likely N-dealkylation sites (tertiary alicyclic amines) is 2. The third-order valence-corrected chi connectivity index (χ3v) is 12.3. The van der Waals surface area contributed by atoms with Crippen molar-refractivity contribution in [3.63, 3.8) is 0 Å². The molecule has 0 spiro atoms. The Labute approximate surface area is 355 Å². The molecule has 0 radical (unpaired) electrons. The number of ether oxygens (including phenoxy) is 1. The second-order valence-corrected chi connectivity index (χ2v) is 16.5. The number of nitrogen functional groups attached to an aromatic ring is 1. The minimum Gasteiger partial charge on any atom is -0.446 e.